The van der Waals surface area contributed by atoms with Crippen LogP contribution in [0, 0.1) is 0 Å². The Kier molecular flexibility index (Phi) is 4.68. The predicted molar refractivity (Wildman–Crippen MR) is 104 cm³/mol. The first-order chi connectivity index (χ1) is 12.7. The van der Waals surface area contributed by atoms with Crippen LogP contribution in [0.5, 0.6) is 0 Å². The summed E-state index contributed by atoms with van der Waals surface area (Å²) in [6.45, 7) is 1.84. The fourth-order valence-corrected chi connectivity index (χ4v) is 3.95. The molecule has 0 aliphatic rings. The van der Waals surface area contributed by atoms with Gasteiger partial charge in [0, 0.05) is 17.1 Å². The predicted octanol–water partition coefficient (Wildman–Crippen LogP) is 3.97. The van der Waals surface area contributed by atoms with E-state index in [1.54, 1.807) is 0 Å². The average molecular weight is 381 g/mol. The van der Waals surface area contributed by atoms with Crippen molar-refractivity contribution in [3.05, 3.63) is 60.1 Å². The Morgan fingerprint density at radius 3 is 2.81 bits per heavy atom. The van der Waals surface area contributed by atoms with Gasteiger partial charge in [0.1, 0.15) is 0 Å². The van der Waals surface area contributed by atoms with Gasteiger partial charge in [-0.25, -0.2) is 4.98 Å². The Balaban J connectivity index is 1.44. The second-order valence-corrected chi connectivity index (χ2v) is 7.73. The summed E-state index contributed by atoms with van der Waals surface area (Å²) in [5.74, 6) is -0.114. The highest BCUT2D eigenvalue weighted by Gasteiger charge is 2.19. The van der Waals surface area contributed by atoms with Gasteiger partial charge < -0.3 is 5.32 Å². The molecular formula is C18H15N5OS2. The Morgan fingerprint density at radius 2 is 1.96 bits per heavy atom. The highest BCUT2D eigenvalue weighted by molar-refractivity contribution is 8.00. The van der Waals surface area contributed by atoms with Crippen LogP contribution in [0.3, 0.4) is 0 Å². The van der Waals surface area contributed by atoms with Crippen molar-refractivity contribution in [3.63, 3.8) is 0 Å². The molecule has 0 spiro atoms. The summed E-state index contributed by atoms with van der Waals surface area (Å²) in [7, 11) is 0. The zero-order valence-corrected chi connectivity index (χ0v) is 15.5. The molecule has 4 aromatic rings. The molecule has 26 heavy (non-hydrogen) atoms. The number of hydrogen-bond donors (Lipinski definition) is 1. The van der Waals surface area contributed by atoms with Crippen LogP contribution >= 0.6 is 23.1 Å². The molecule has 0 saturated carbocycles. The monoisotopic (exact) mass is 381 g/mol. The zero-order chi connectivity index (χ0) is 17.9. The molecule has 0 radical (unpaired) electrons. The third-order valence-electron chi connectivity index (χ3n) is 3.74. The summed E-state index contributed by atoms with van der Waals surface area (Å²) in [6, 6.07) is 15.6. The number of rotatable bonds is 5. The van der Waals surface area contributed by atoms with Crippen LogP contribution < -0.4 is 5.32 Å². The van der Waals surface area contributed by atoms with Crippen molar-refractivity contribution in [1.82, 2.24) is 19.6 Å². The summed E-state index contributed by atoms with van der Waals surface area (Å²) in [5, 5.41) is 14.0. The molecule has 0 fully saturated rings. The number of carbonyl (C=O) groups excluding carboxylic acids is 1. The molecule has 0 aliphatic carbocycles. The molecule has 1 atom stereocenters. The van der Waals surface area contributed by atoms with Crippen molar-refractivity contribution in [3.8, 4) is 11.3 Å². The molecule has 130 valence electrons. The number of benzene rings is 1. The third-order valence-corrected chi connectivity index (χ3v) is 5.55. The van der Waals surface area contributed by atoms with Gasteiger partial charge in [0.25, 0.3) is 0 Å². The number of fused-ring (bicyclic) bond motifs is 1. The maximum absolute atomic E-state index is 12.5. The van der Waals surface area contributed by atoms with Gasteiger partial charge >= 0.3 is 0 Å². The van der Waals surface area contributed by atoms with Crippen LogP contribution in [-0.4, -0.2) is 30.7 Å². The van der Waals surface area contributed by atoms with E-state index in [9.17, 15) is 4.79 Å². The molecule has 0 aliphatic heterocycles. The van der Waals surface area contributed by atoms with E-state index in [0.29, 0.717) is 10.3 Å². The number of nitrogens with one attached hydrogen (secondary N) is 1. The first kappa shape index (κ1) is 16.7. The number of hydrogen-bond acceptors (Lipinski definition) is 6. The normalized spacial score (nSPS) is 12.2. The first-order valence-electron chi connectivity index (χ1n) is 7.99. The van der Waals surface area contributed by atoms with Gasteiger partial charge in [-0.1, -0.05) is 48.2 Å². The van der Waals surface area contributed by atoms with Crippen molar-refractivity contribution < 1.29 is 4.79 Å². The molecule has 0 saturated heterocycles. The Bertz CT molecular complexity index is 1040. The molecule has 1 aromatic carbocycles. The molecule has 4 rings (SSSR count). The van der Waals surface area contributed by atoms with E-state index in [-0.39, 0.29) is 11.2 Å². The lowest BCUT2D eigenvalue weighted by atomic mass is 10.2. The van der Waals surface area contributed by atoms with Crippen LogP contribution in [0.15, 0.2) is 65.3 Å². The molecule has 1 amide bonds. The van der Waals surface area contributed by atoms with Gasteiger partial charge in [-0.3, -0.25) is 9.20 Å². The second kappa shape index (κ2) is 7.27. The number of nitrogens with zero attached hydrogens (tertiary/aromatic N) is 4. The number of anilines is 1. The van der Waals surface area contributed by atoms with Crippen molar-refractivity contribution in [1.29, 1.82) is 0 Å². The van der Waals surface area contributed by atoms with Crippen molar-refractivity contribution in [2.75, 3.05) is 5.32 Å². The minimum absolute atomic E-state index is 0.114. The summed E-state index contributed by atoms with van der Waals surface area (Å²) in [4.78, 5) is 17.0. The molecule has 1 N–H and O–H groups in total. The van der Waals surface area contributed by atoms with Gasteiger partial charge in [0.15, 0.2) is 15.9 Å². The van der Waals surface area contributed by atoms with Crippen LogP contribution in [-0.2, 0) is 4.79 Å². The van der Waals surface area contributed by atoms with Gasteiger partial charge in [0.05, 0.1) is 10.9 Å². The summed E-state index contributed by atoms with van der Waals surface area (Å²) < 4.78 is 1.87. The number of thioether (sulfide) groups is 1. The smallest absolute Gasteiger partial charge is 0.239 e. The van der Waals surface area contributed by atoms with Gasteiger partial charge in [0.2, 0.25) is 5.91 Å². The van der Waals surface area contributed by atoms with Crippen molar-refractivity contribution in [2.24, 2.45) is 0 Å². The lowest BCUT2D eigenvalue weighted by Gasteiger charge is -2.09. The number of carbonyl (C=O) groups is 1. The van der Waals surface area contributed by atoms with Crippen molar-refractivity contribution >= 4 is 39.8 Å². The van der Waals surface area contributed by atoms with Crippen LogP contribution in [0.2, 0.25) is 0 Å². The van der Waals surface area contributed by atoms with E-state index in [0.717, 1.165) is 16.9 Å². The lowest BCUT2D eigenvalue weighted by molar-refractivity contribution is -0.115. The minimum atomic E-state index is -0.327. The Morgan fingerprint density at radius 1 is 1.15 bits per heavy atom. The van der Waals surface area contributed by atoms with Crippen LogP contribution in [0.4, 0.5) is 5.13 Å². The molecule has 0 bridgehead atoms. The van der Waals surface area contributed by atoms with Gasteiger partial charge in [-0.05, 0) is 19.1 Å². The summed E-state index contributed by atoms with van der Waals surface area (Å²) >= 11 is 2.78. The van der Waals surface area contributed by atoms with Gasteiger partial charge in [-0.2, -0.15) is 0 Å². The Labute approximate surface area is 158 Å². The molecule has 3 heterocycles. The molecular weight excluding hydrogens is 366 g/mol. The lowest BCUT2D eigenvalue weighted by Crippen LogP contribution is -2.22. The minimum Gasteiger partial charge on any atom is -0.301 e. The van der Waals surface area contributed by atoms with E-state index < -0.39 is 0 Å². The van der Waals surface area contributed by atoms with Crippen LogP contribution in [0.1, 0.15) is 6.92 Å². The standard InChI is InChI=1S/C18H15N5OS2/c1-12(26-18-22-21-15-9-5-6-10-23(15)18)16(24)20-17-19-14(11-25-17)13-7-3-2-4-8-13/h2-12H,1H3,(H,19,20,24)/t12-/m1/s1. The number of aromatic nitrogens is 4. The third kappa shape index (κ3) is 3.47. The highest BCUT2D eigenvalue weighted by atomic mass is 32.2. The van der Waals surface area contributed by atoms with E-state index in [2.05, 4.69) is 20.5 Å². The fraction of sp³-hybridized carbons (Fsp3) is 0.111. The largest absolute Gasteiger partial charge is 0.301 e. The average Bonchev–Trinajstić information content (AvgIpc) is 3.30. The second-order valence-electron chi connectivity index (χ2n) is 5.56. The molecule has 0 unspecified atom stereocenters. The van der Waals surface area contributed by atoms with Crippen LogP contribution in [0.25, 0.3) is 16.9 Å². The zero-order valence-electron chi connectivity index (χ0n) is 13.9. The van der Waals surface area contributed by atoms with E-state index in [4.69, 9.17) is 0 Å². The number of pyridine rings is 1. The number of thiazole rings is 1. The first-order valence-corrected chi connectivity index (χ1v) is 9.75. The van der Waals surface area contributed by atoms with E-state index >= 15 is 0 Å². The van der Waals surface area contributed by atoms with Crippen molar-refractivity contribution in [2.45, 2.75) is 17.3 Å². The Hall–Kier alpha value is -2.71. The SMILES string of the molecule is C[C@@H](Sc1nnc2ccccn12)C(=O)Nc1nc(-c2ccccc2)cs1. The summed E-state index contributed by atoms with van der Waals surface area (Å²) in [6.07, 6.45) is 1.88. The highest BCUT2D eigenvalue weighted by Crippen LogP contribution is 2.26. The molecule has 3 aromatic heterocycles. The maximum atomic E-state index is 12.5. The van der Waals surface area contributed by atoms with E-state index in [1.165, 1.54) is 23.1 Å². The molecule has 8 heteroatoms. The fourth-order valence-electron chi connectivity index (χ4n) is 2.39. The quantitative estimate of drug-likeness (QED) is 0.530. The maximum Gasteiger partial charge on any atom is 0.239 e. The number of amides is 1. The van der Waals surface area contributed by atoms with E-state index in [1.807, 2.05) is 71.4 Å². The molecule has 6 nitrogen and oxygen atoms in total. The topological polar surface area (TPSA) is 72.2 Å². The van der Waals surface area contributed by atoms with Gasteiger partial charge in [-0.15, -0.1) is 21.5 Å². The summed E-state index contributed by atoms with van der Waals surface area (Å²) in [5.41, 5.74) is 2.64.